The number of rotatable bonds is 2. The summed E-state index contributed by atoms with van der Waals surface area (Å²) < 4.78 is 5.12. The molecule has 4 heteroatoms. The number of anilines is 1. The summed E-state index contributed by atoms with van der Waals surface area (Å²) in [5.41, 5.74) is 7.09. The average Bonchev–Trinajstić information content (AvgIpc) is 2.74. The summed E-state index contributed by atoms with van der Waals surface area (Å²) in [6.45, 7) is 0. The standard InChI is InChI=1S/C11H9ClN2O/c12-7-3-4-9(13)8(6-7)11(14)10-2-1-5-15-10/h1-6,14H,13H2. The molecule has 0 spiro atoms. The number of nitrogens with two attached hydrogens (primary N) is 1. The first-order chi connectivity index (χ1) is 7.18. The highest BCUT2D eigenvalue weighted by Crippen LogP contribution is 2.21. The van der Waals surface area contributed by atoms with Gasteiger partial charge in [0.25, 0.3) is 0 Å². The zero-order valence-electron chi connectivity index (χ0n) is 7.83. The Bertz CT molecular complexity index is 491. The molecule has 2 rings (SSSR count). The van der Waals surface area contributed by atoms with Gasteiger partial charge in [0.15, 0.2) is 5.76 Å². The molecule has 0 amide bonds. The molecule has 0 fully saturated rings. The van der Waals surface area contributed by atoms with Gasteiger partial charge < -0.3 is 10.2 Å². The van der Waals surface area contributed by atoms with Crippen LogP contribution >= 0.6 is 11.6 Å². The van der Waals surface area contributed by atoms with E-state index in [-0.39, 0.29) is 5.71 Å². The van der Waals surface area contributed by atoms with Crippen LogP contribution in [0.5, 0.6) is 0 Å². The van der Waals surface area contributed by atoms with Crippen LogP contribution in [0.25, 0.3) is 0 Å². The zero-order chi connectivity index (χ0) is 10.8. The molecule has 0 aliphatic carbocycles. The average molecular weight is 221 g/mol. The van der Waals surface area contributed by atoms with Gasteiger partial charge in [0, 0.05) is 16.3 Å². The fourth-order valence-corrected chi connectivity index (χ4v) is 1.47. The van der Waals surface area contributed by atoms with E-state index in [1.807, 2.05) is 0 Å². The molecule has 0 radical (unpaired) electrons. The van der Waals surface area contributed by atoms with Crippen LogP contribution in [0.4, 0.5) is 5.69 Å². The first kappa shape index (κ1) is 9.80. The van der Waals surface area contributed by atoms with Gasteiger partial charge in [0.05, 0.1) is 6.26 Å². The summed E-state index contributed by atoms with van der Waals surface area (Å²) in [5, 5.41) is 8.44. The molecular formula is C11H9ClN2O. The van der Waals surface area contributed by atoms with Gasteiger partial charge in [-0.3, -0.25) is 5.41 Å². The first-order valence-electron chi connectivity index (χ1n) is 4.36. The van der Waals surface area contributed by atoms with E-state index in [1.165, 1.54) is 6.26 Å². The van der Waals surface area contributed by atoms with Gasteiger partial charge in [-0.15, -0.1) is 0 Å². The second-order valence-corrected chi connectivity index (χ2v) is 3.52. The van der Waals surface area contributed by atoms with Crippen LogP contribution in [-0.2, 0) is 0 Å². The third-order valence-corrected chi connectivity index (χ3v) is 2.29. The molecule has 2 aromatic rings. The Morgan fingerprint density at radius 1 is 1.33 bits per heavy atom. The molecule has 1 aromatic heterocycles. The Morgan fingerprint density at radius 2 is 2.13 bits per heavy atom. The summed E-state index contributed by atoms with van der Waals surface area (Å²) >= 11 is 5.84. The highest BCUT2D eigenvalue weighted by molar-refractivity contribution is 6.31. The summed E-state index contributed by atoms with van der Waals surface area (Å²) in [6.07, 6.45) is 1.52. The minimum atomic E-state index is 0.236. The van der Waals surface area contributed by atoms with Crippen molar-refractivity contribution in [3.63, 3.8) is 0 Å². The highest BCUT2D eigenvalue weighted by Gasteiger charge is 2.10. The lowest BCUT2D eigenvalue weighted by molar-refractivity contribution is 0.557. The molecule has 0 atom stereocenters. The van der Waals surface area contributed by atoms with Crippen LogP contribution in [0.1, 0.15) is 11.3 Å². The Balaban J connectivity index is 2.46. The minimum Gasteiger partial charge on any atom is -0.463 e. The lowest BCUT2D eigenvalue weighted by Gasteiger charge is -2.05. The van der Waals surface area contributed by atoms with Crippen LogP contribution < -0.4 is 5.73 Å². The number of furan rings is 1. The van der Waals surface area contributed by atoms with Gasteiger partial charge in [-0.05, 0) is 30.3 Å². The van der Waals surface area contributed by atoms with E-state index in [0.29, 0.717) is 22.0 Å². The predicted molar refractivity (Wildman–Crippen MR) is 60.5 cm³/mol. The van der Waals surface area contributed by atoms with E-state index >= 15 is 0 Å². The SMILES string of the molecule is N=C(c1ccco1)c1cc(Cl)ccc1N. The molecular weight excluding hydrogens is 212 g/mol. The Labute approximate surface area is 92.0 Å². The first-order valence-corrected chi connectivity index (χ1v) is 4.74. The summed E-state index contributed by atoms with van der Waals surface area (Å²) in [7, 11) is 0. The lowest BCUT2D eigenvalue weighted by atomic mass is 10.1. The molecule has 0 bridgehead atoms. The Hall–Kier alpha value is -1.74. The van der Waals surface area contributed by atoms with Crippen molar-refractivity contribution in [3.8, 4) is 0 Å². The van der Waals surface area contributed by atoms with Crippen molar-refractivity contribution >= 4 is 23.0 Å². The van der Waals surface area contributed by atoms with Crippen molar-refractivity contribution in [2.75, 3.05) is 5.73 Å². The maximum Gasteiger partial charge on any atom is 0.152 e. The number of nitrogens with one attached hydrogen (secondary N) is 1. The third-order valence-electron chi connectivity index (χ3n) is 2.05. The molecule has 0 unspecified atom stereocenters. The topological polar surface area (TPSA) is 63.0 Å². The van der Waals surface area contributed by atoms with Gasteiger partial charge in [-0.25, -0.2) is 0 Å². The van der Waals surface area contributed by atoms with Crippen molar-refractivity contribution in [2.24, 2.45) is 0 Å². The predicted octanol–water partition coefficient (Wildman–Crippen LogP) is 2.93. The van der Waals surface area contributed by atoms with E-state index in [4.69, 9.17) is 27.2 Å². The fourth-order valence-electron chi connectivity index (χ4n) is 1.30. The molecule has 3 nitrogen and oxygen atoms in total. The number of hydrogen-bond donors (Lipinski definition) is 2. The van der Waals surface area contributed by atoms with E-state index in [9.17, 15) is 0 Å². The molecule has 0 saturated heterocycles. The van der Waals surface area contributed by atoms with Crippen molar-refractivity contribution in [1.29, 1.82) is 5.41 Å². The number of nitrogen functional groups attached to an aromatic ring is 1. The number of benzene rings is 1. The number of halogens is 1. The summed E-state index contributed by atoms with van der Waals surface area (Å²) in [5.74, 6) is 0.476. The smallest absolute Gasteiger partial charge is 0.152 e. The Morgan fingerprint density at radius 3 is 2.80 bits per heavy atom. The van der Waals surface area contributed by atoms with E-state index in [1.54, 1.807) is 30.3 Å². The van der Waals surface area contributed by atoms with Crippen LogP contribution in [-0.4, -0.2) is 5.71 Å². The van der Waals surface area contributed by atoms with Crippen LogP contribution in [0, 0.1) is 5.41 Å². The minimum absolute atomic E-state index is 0.236. The van der Waals surface area contributed by atoms with E-state index in [2.05, 4.69) is 0 Å². The van der Waals surface area contributed by atoms with E-state index < -0.39 is 0 Å². The molecule has 0 aliphatic heterocycles. The maximum atomic E-state index is 7.89. The third kappa shape index (κ3) is 1.87. The molecule has 3 N–H and O–H groups in total. The van der Waals surface area contributed by atoms with Gasteiger partial charge in [0.1, 0.15) is 5.71 Å². The van der Waals surface area contributed by atoms with Crippen LogP contribution in [0.3, 0.4) is 0 Å². The molecule has 15 heavy (non-hydrogen) atoms. The summed E-state index contributed by atoms with van der Waals surface area (Å²) in [4.78, 5) is 0. The second kappa shape index (κ2) is 3.79. The Kier molecular flexibility index (Phi) is 2.47. The largest absolute Gasteiger partial charge is 0.463 e. The molecule has 1 heterocycles. The van der Waals surface area contributed by atoms with Gasteiger partial charge in [0.2, 0.25) is 0 Å². The fraction of sp³-hybridized carbons (Fsp3) is 0. The van der Waals surface area contributed by atoms with Gasteiger partial charge in [-0.2, -0.15) is 0 Å². The van der Waals surface area contributed by atoms with Crippen molar-refractivity contribution in [2.45, 2.75) is 0 Å². The molecule has 1 aromatic carbocycles. The van der Waals surface area contributed by atoms with Crippen LogP contribution in [0.15, 0.2) is 41.0 Å². The van der Waals surface area contributed by atoms with Crippen LogP contribution in [0.2, 0.25) is 5.02 Å². The number of hydrogen-bond acceptors (Lipinski definition) is 3. The second-order valence-electron chi connectivity index (χ2n) is 3.08. The van der Waals surface area contributed by atoms with Gasteiger partial charge >= 0.3 is 0 Å². The zero-order valence-corrected chi connectivity index (χ0v) is 8.58. The van der Waals surface area contributed by atoms with Gasteiger partial charge in [-0.1, -0.05) is 11.6 Å². The molecule has 0 saturated carbocycles. The van der Waals surface area contributed by atoms with Crippen molar-refractivity contribution in [1.82, 2.24) is 0 Å². The van der Waals surface area contributed by atoms with Crippen molar-refractivity contribution < 1.29 is 4.42 Å². The monoisotopic (exact) mass is 220 g/mol. The maximum absolute atomic E-state index is 7.89. The highest BCUT2D eigenvalue weighted by atomic mass is 35.5. The summed E-state index contributed by atoms with van der Waals surface area (Å²) in [6, 6.07) is 8.46. The van der Waals surface area contributed by atoms with E-state index in [0.717, 1.165) is 0 Å². The lowest BCUT2D eigenvalue weighted by Crippen LogP contribution is -2.04. The molecule has 0 aliphatic rings. The van der Waals surface area contributed by atoms with Crippen molar-refractivity contribution in [3.05, 3.63) is 52.9 Å². The quantitative estimate of drug-likeness (QED) is 0.604. The molecule has 76 valence electrons. The normalized spacial score (nSPS) is 10.2.